The van der Waals surface area contributed by atoms with Crippen molar-refractivity contribution in [2.75, 3.05) is 32.8 Å². The van der Waals surface area contributed by atoms with Crippen LogP contribution in [0.15, 0.2) is 0 Å². The predicted octanol–water partition coefficient (Wildman–Crippen LogP) is 0.385. The highest BCUT2D eigenvalue weighted by atomic mass is 16.5. The molecule has 0 spiro atoms. The lowest BCUT2D eigenvalue weighted by molar-refractivity contribution is -0.126. The van der Waals surface area contributed by atoms with E-state index in [2.05, 4.69) is 17.6 Å². The van der Waals surface area contributed by atoms with Crippen molar-refractivity contribution in [3.8, 4) is 0 Å². The third-order valence-corrected chi connectivity index (χ3v) is 3.53. The van der Waals surface area contributed by atoms with Crippen molar-refractivity contribution in [2.45, 2.75) is 19.8 Å². The van der Waals surface area contributed by atoms with Crippen LogP contribution in [0, 0.1) is 17.8 Å². The van der Waals surface area contributed by atoms with E-state index in [-0.39, 0.29) is 11.8 Å². The molecule has 16 heavy (non-hydrogen) atoms. The predicted molar refractivity (Wildman–Crippen MR) is 62.1 cm³/mol. The molecule has 1 amide bonds. The van der Waals surface area contributed by atoms with Crippen molar-refractivity contribution in [3.63, 3.8) is 0 Å². The minimum atomic E-state index is 0.158. The molecule has 2 fully saturated rings. The Morgan fingerprint density at radius 1 is 1.50 bits per heavy atom. The van der Waals surface area contributed by atoms with Gasteiger partial charge in [0.15, 0.2) is 0 Å². The molecule has 0 aliphatic carbocycles. The zero-order valence-corrected chi connectivity index (χ0v) is 10.00. The molecule has 3 unspecified atom stereocenters. The van der Waals surface area contributed by atoms with Crippen LogP contribution >= 0.6 is 0 Å². The first-order valence-corrected chi connectivity index (χ1v) is 6.32. The van der Waals surface area contributed by atoms with Crippen molar-refractivity contribution in [1.29, 1.82) is 0 Å². The maximum Gasteiger partial charge on any atom is 0.224 e. The summed E-state index contributed by atoms with van der Waals surface area (Å²) in [6.07, 6.45) is 2.10. The van der Waals surface area contributed by atoms with Crippen molar-refractivity contribution >= 4 is 5.91 Å². The van der Waals surface area contributed by atoms with Crippen LogP contribution in [0.25, 0.3) is 0 Å². The Balaban J connectivity index is 1.70. The lowest BCUT2D eigenvalue weighted by Crippen LogP contribution is -2.44. The Bertz CT molecular complexity index is 239. The second-order valence-corrected chi connectivity index (χ2v) is 5.17. The van der Waals surface area contributed by atoms with E-state index in [4.69, 9.17) is 4.74 Å². The van der Waals surface area contributed by atoms with Gasteiger partial charge in [-0.15, -0.1) is 0 Å². The van der Waals surface area contributed by atoms with Gasteiger partial charge in [-0.05, 0) is 25.3 Å². The quantitative estimate of drug-likeness (QED) is 0.731. The van der Waals surface area contributed by atoms with Crippen molar-refractivity contribution < 1.29 is 9.53 Å². The molecule has 0 bridgehead atoms. The zero-order valence-electron chi connectivity index (χ0n) is 10.00. The van der Waals surface area contributed by atoms with Crippen LogP contribution in [0.4, 0.5) is 0 Å². The standard InChI is InChI=1S/C12H22N2O2/c1-9-4-11(7-13-5-9)12(15)14-6-10-2-3-16-8-10/h9-11,13H,2-8H2,1H3,(H,14,15). The molecule has 0 aromatic carbocycles. The number of hydrogen-bond donors (Lipinski definition) is 2. The van der Waals surface area contributed by atoms with Gasteiger partial charge in [-0.3, -0.25) is 4.79 Å². The summed E-state index contributed by atoms with van der Waals surface area (Å²) in [6.45, 7) is 6.50. The van der Waals surface area contributed by atoms with E-state index >= 15 is 0 Å². The van der Waals surface area contributed by atoms with E-state index in [1.54, 1.807) is 0 Å². The molecule has 0 aromatic heterocycles. The highest BCUT2D eigenvalue weighted by molar-refractivity contribution is 5.79. The Labute approximate surface area is 97.1 Å². The highest BCUT2D eigenvalue weighted by Crippen LogP contribution is 2.16. The first-order valence-electron chi connectivity index (χ1n) is 6.32. The molecule has 2 aliphatic heterocycles. The van der Waals surface area contributed by atoms with Crippen molar-refractivity contribution in [1.82, 2.24) is 10.6 Å². The molecule has 2 heterocycles. The average molecular weight is 226 g/mol. The molecular formula is C12H22N2O2. The lowest BCUT2D eigenvalue weighted by Gasteiger charge is -2.27. The van der Waals surface area contributed by atoms with Crippen molar-refractivity contribution in [3.05, 3.63) is 0 Å². The van der Waals surface area contributed by atoms with Gasteiger partial charge < -0.3 is 15.4 Å². The maximum absolute atomic E-state index is 11.9. The van der Waals surface area contributed by atoms with Crippen LogP contribution in [0.2, 0.25) is 0 Å². The molecular weight excluding hydrogens is 204 g/mol. The molecule has 4 heteroatoms. The fourth-order valence-electron chi connectivity index (χ4n) is 2.49. The monoisotopic (exact) mass is 226 g/mol. The summed E-state index contributed by atoms with van der Waals surface area (Å²) >= 11 is 0. The maximum atomic E-state index is 11.9. The van der Waals surface area contributed by atoms with Crippen LogP contribution < -0.4 is 10.6 Å². The SMILES string of the molecule is CC1CNCC(C(=O)NCC2CCOC2)C1. The number of amides is 1. The van der Waals surface area contributed by atoms with Crippen LogP contribution in [-0.2, 0) is 9.53 Å². The fraction of sp³-hybridized carbons (Fsp3) is 0.917. The van der Waals surface area contributed by atoms with Gasteiger partial charge >= 0.3 is 0 Å². The Morgan fingerprint density at radius 3 is 3.06 bits per heavy atom. The average Bonchev–Trinajstić information content (AvgIpc) is 2.78. The van der Waals surface area contributed by atoms with Gasteiger partial charge in [0.1, 0.15) is 0 Å². The van der Waals surface area contributed by atoms with E-state index in [9.17, 15) is 4.79 Å². The lowest BCUT2D eigenvalue weighted by atomic mass is 9.91. The smallest absolute Gasteiger partial charge is 0.224 e. The van der Waals surface area contributed by atoms with Gasteiger partial charge in [-0.2, -0.15) is 0 Å². The minimum Gasteiger partial charge on any atom is -0.381 e. The third kappa shape index (κ3) is 3.19. The van der Waals surface area contributed by atoms with Crippen LogP contribution in [0.3, 0.4) is 0 Å². The van der Waals surface area contributed by atoms with E-state index in [1.165, 1.54) is 0 Å². The van der Waals surface area contributed by atoms with Gasteiger partial charge in [0.2, 0.25) is 5.91 Å². The number of carbonyl (C=O) groups is 1. The molecule has 0 radical (unpaired) electrons. The van der Waals surface area contributed by atoms with Gasteiger partial charge in [0, 0.05) is 25.6 Å². The molecule has 4 nitrogen and oxygen atoms in total. The largest absolute Gasteiger partial charge is 0.381 e. The van der Waals surface area contributed by atoms with Crippen LogP contribution in [0.1, 0.15) is 19.8 Å². The summed E-state index contributed by atoms with van der Waals surface area (Å²) in [5.41, 5.74) is 0. The summed E-state index contributed by atoms with van der Waals surface area (Å²) in [5.74, 6) is 1.51. The Morgan fingerprint density at radius 2 is 2.38 bits per heavy atom. The topological polar surface area (TPSA) is 50.4 Å². The first-order chi connectivity index (χ1) is 7.75. The normalized spacial score (nSPS) is 34.9. The number of rotatable bonds is 3. The molecule has 0 aromatic rings. The summed E-state index contributed by atoms with van der Waals surface area (Å²) in [7, 11) is 0. The second kappa shape index (κ2) is 5.64. The van der Waals surface area contributed by atoms with Crippen LogP contribution in [-0.4, -0.2) is 38.8 Å². The Kier molecular flexibility index (Phi) is 4.18. The highest BCUT2D eigenvalue weighted by Gasteiger charge is 2.25. The van der Waals surface area contributed by atoms with Crippen LogP contribution in [0.5, 0.6) is 0 Å². The zero-order chi connectivity index (χ0) is 11.4. The summed E-state index contributed by atoms with van der Waals surface area (Å²) in [5, 5.41) is 6.36. The van der Waals surface area contributed by atoms with Gasteiger partial charge in [-0.25, -0.2) is 0 Å². The van der Waals surface area contributed by atoms with E-state index in [0.29, 0.717) is 11.8 Å². The van der Waals surface area contributed by atoms with Crippen molar-refractivity contribution in [2.24, 2.45) is 17.8 Å². The van der Waals surface area contributed by atoms with Gasteiger partial charge in [-0.1, -0.05) is 6.92 Å². The number of hydrogen-bond acceptors (Lipinski definition) is 3. The molecule has 92 valence electrons. The fourth-order valence-corrected chi connectivity index (χ4v) is 2.49. The van der Waals surface area contributed by atoms with E-state index in [0.717, 1.165) is 45.7 Å². The number of carbonyl (C=O) groups excluding carboxylic acids is 1. The molecule has 2 N–H and O–H groups in total. The Hall–Kier alpha value is -0.610. The third-order valence-electron chi connectivity index (χ3n) is 3.53. The molecule has 2 aliphatic rings. The molecule has 2 saturated heterocycles. The number of piperidine rings is 1. The molecule has 2 rings (SSSR count). The van der Waals surface area contributed by atoms with E-state index < -0.39 is 0 Å². The molecule has 3 atom stereocenters. The van der Waals surface area contributed by atoms with Gasteiger partial charge in [0.05, 0.1) is 12.5 Å². The summed E-state index contributed by atoms with van der Waals surface area (Å²) in [6, 6.07) is 0. The number of nitrogens with one attached hydrogen (secondary N) is 2. The molecule has 0 saturated carbocycles. The second-order valence-electron chi connectivity index (χ2n) is 5.17. The first kappa shape index (κ1) is 11.9. The summed E-state index contributed by atoms with van der Waals surface area (Å²) < 4.78 is 5.29. The minimum absolute atomic E-state index is 0.158. The van der Waals surface area contributed by atoms with E-state index in [1.807, 2.05) is 0 Å². The summed E-state index contributed by atoms with van der Waals surface area (Å²) in [4.78, 5) is 11.9. The van der Waals surface area contributed by atoms with Gasteiger partial charge in [0.25, 0.3) is 0 Å². The number of ether oxygens (including phenoxy) is 1.